The van der Waals surface area contributed by atoms with Crippen molar-refractivity contribution in [2.24, 2.45) is 5.73 Å². The molecular weight excluding hydrogens is 293 g/mol. The Morgan fingerprint density at radius 3 is 1.75 bits per heavy atom. The van der Waals surface area contributed by atoms with Crippen LogP contribution in [0.15, 0.2) is 23.1 Å². The van der Waals surface area contributed by atoms with Crippen molar-refractivity contribution in [1.29, 1.82) is 0 Å². The lowest BCUT2D eigenvalue weighted by molar-refractivity contribution is 0.609. The lowest BCUT2D eigenvalue weighted by Gasteiger charge is -1.97. The zero-order valence-electron chi connectivity index (χ0n) is 8.16. The maximum absolute atomic E-state index is 10.8. The zero-order chi connectivity index (χ0) is 12.3. The van der Waals surface area contributed by atoms with E-state index in [0.29, 0.717) is 6.04 Å². The summed E-state index contributed by atoms with van der Waals surface area (Å²) in [6.45, 7) is 0. The zero-order valence-corrected chi connectivity index (χ0v) is 11.2. The van der Waals surface area contributed by atoms with Crippen LogP contribution < -0.4 is 5.73 Å². The first kappa shape index (κ1) is 14.1. The molecular formula is C9H10Cl3NO2S. The summed E-state index contributed by atoms with van der Waals surface area (Å²) in [5.74, 6) is 0. The van der Waals surface area contributed by atoms with Crippen molar-refractivity contribution >= 4 is 42.9 Å². The van der Waals surface area contributed by atoms with Gasteiger partial charge in [0.15, 0.2) is 0 Å². The fourth-order valence-corrected chi connectivity index (χ4v) is 2.22. The summed E-state index contributed by atoms with van der Waals surface area (Å²) in [7, 11) is 1.31. The minimum atomic E-state index is -3.74. The molecule has 1 aromatic rings. The second-order valence-corrected chi connectivity index (χ2v) is 6.82. The fourth-order valence-electron chi connectivity index (χ4n) is 0.766. The van der Waals surface area contributed by atoms with E-state index in [1.54, 1.807) is 0 Å². The number of hydrogen-bond donors (Lipinski definition) is 1. The molecule has 2 rings (SSSR count). The van der Waals surface area contributed by atoms with Crippen molar-refractivity contribution in [3.05, 3.63) is 28.2 Å². The van der Waals surface area contributed by atoms with E-state index in [-0.39, 0.29) is 14.9 Å². The van der Waals surface area contributed by atoms with Crippen molar-refractivity contribution in [2.45, 2.75) is 23.8 Å². The van der Waals surface area contributed by atoms with E-state index in [1.807, 2.05) is 0 Å². The largest absolute Gasteiger partial charge is 0.328 e. The molecule has 1 aromatic carbocycles. The van der Waals surface area contributed by atoms with Gasteiger partial charge in [-0.05, 0) is 31.0 Å². The van der Waals surface area contributed by atoms with Gasteiger partial charge >= 0.3 is 0 Å². The summed E-state index contributed by atoms with van der Waals surface area (Å²) in [6.07, 6.45) is 2.53. The molecule has 3 nitrogen and oxygen atoms in total. The van der Waals surface area contributed by atoms with E-state index < -0.39 is 9.05 Å². The molecule has 0 radical (unpaired) electrons. The highest BCUT2D eigenvalue weighted by Gasteiger charge is 2.13. The minimum absolute atomic E-state index is 0.0957. The van der Waals surface area contributed by atoms with Gasteiger partial charge in [-0.25, -0.2) is 8.42 Å². The van der Waals surface area contributed by atoms with E-state index in [4.69, 9.17) is 39.6 Å². The summed E-state index contributed by atoms with van der Waals surface area (Å²) in [5.41, 5.74) is 5.22. The Balaban J connectivity index is 0.000000267. The van der Waals surface area contributed by atoms with Crippen LogP contribution in [0.5, 0.6) is 0 Å². The van der Waals surface area contributed by atoms with E-state index >= 15 is 0 Å². The highest BCUT2D eigenvalue weighted by Crippen LogP contribution is 2.24. The minimum Gasteiger partial charge on any atom is -0.328 e. The monoisotopic (exact) mass is 301 g/mol. The molecule has 1 aliphatic carbocycles. The summed E-state index contributed by atoms with van der Waals surface area (Å²) in [6, 6.07) is 4.47. The Morgan fingerprint density at radius 2 is 1.50 bits per heavy atom. The Hall–Kier alpha value is -0.000000000000000139. The summed E-state index contributed by atoms with van der Waals surface area (Å²) >= 11 is 11.1. The third-order valence-electron chi connectivity index (χ3n) is 1.74. The van der Waals surface area contributed by atoms with E-state index in [0.717, 1.165) is 0 Å². The van der Waals surface area contributed by atoms with Crippen LogP contribution in [0, 0.1) is 0 Å². The van der Waals surface area contributed by atoms with Crippen LogP contribution in [0.4, 0.5) is 0 Å². The first-order valence-corrected chi connectivity index (χ1v) is 7.52. The van der Waals surface area contributed by atoms with Crippen LogP contribution >= 0.6 is 33.9 Å². The maximum Gasteiger partial charge on any atom is 0.261 e. The van der Waals surface area contributed by atoms with Gasteiger partial charge in [0, 0.05) is 26.8 Å². The summed E-state index contributed by atoms with van der Waals surface area (Å²) < 4.78 is 21.6. The molecule has 0 unspecified atom stereocenters. The van der Waals surface area contributed by atoms with Gasteiger partial charge in [-0.1, -0.05) is 23.2 Å². The fraction of sp³-hybridized carbons (Fsp3) is 0.333. The molecule has 1 fully saturated rings. The van der Waals surface area contributed by atoms with Crippen LogP contribution in [0.2, 0.25) is 10.0 Å². The molecule has 0 heterocycles. The number of nitrogens with two attached hydrogens (primary N) is 1. The predicted octanol–water partition coefficient (Wildman–Crippen LogP) is 3.03. The van der Waals surface area contributed by atoms with Crippen LogP contribution in [0.3, 0.4) is 0 Å². The van der Waals surface area contributed by atoms with Gasteiger partial charge in [-0.15, -0.1) is 0 Å². The van der Waals surface area contributed by atoms with E-state index in [9.17, 15) is 8.42 Å². The average molecular weight is 303 g/mol. The summed E-state index contributed by atoms with van der Waals surface area (Å²) in [5, 5.41) is 0.475. The standard InChI is InChI=1S/C6H3Cl3O2S.C3H7N/c7-4-1-5(8)3-6(2-4)12(9,10)11;4-3-1-2-3/h1-3H;3H,1-2,4H2. The van der Waals surface area contributed by atoms with Gasteiger partial charge in [0.25, 0.3) is 9.05 Å². The highest BCUT2D eigenvalue weighted by atomic mass is 35.7. The smallest absolute Gasteiger partial charge is 0.261 e. The van der Waals surface area contributed by atoms with E-state index in [2.05, 4.69) is 0 Å². The lowest BCUT2D eigenvalue weighted by Crippen LogP contribution is -1.94. The van der Waals surface area contributed by atoms with Crippen molar-refractivity contribution < 1.29 is 8.42 Å². The molecule has 0 aromatic heterocycles. The molecule has 2 N–H and O–H groups in total. The van der Waals surface area contributed by atoms with Crippen molar-refractivity contribution in [3.63, 3.8) is 0 Å². The Bertz CT molecular complexity index is 451. The van der Waals surface area contributed by atoms with Crippen molar-refractivity contribution in [3.8, 4) is 0 Å². The molecule has 1 aliphatic rings. The maximum atomic E-state index is 10.8. The third-order valence-corrected chi connectivity index (χ3v) is 3.51. The number of rotatable bonds is 1. The van der Waals surface area contributed by atoms with Gasteiger partial charge < -0.3 is 5.73 Å². The van der Waals surface area contributed by atoms with Gasteiger partial charge in [0.2, 0.25) is 0 Å². The van der Waals surface area contributed by atoms with Gasteiger partial charge in [0.1, 0.15) is 0 Å². The number of hydrogen-bond acceptors (Lipinski definition) is 3. The topological polar surface area (TPSA) is 60.2 Å². The molecule has 1 saturated carbocycles. The molecule has 0 amide bonds. The molecule has 0 spiro atoms. The molecule has 7 heteroatoms. The molecule has 0 aliphatic heterocycles. The quantitative estimate of drug-likeness (QED) is 0.811. The third kappa shape index (κ3) is 5.37. The summed E-state index contributed by atoms with van der Waals surface area (Å²) in [4.78, 5) is -0.0957. The van der Waals surface area contributed by atoms with Gasteiger partial charge in [-0.2, -0.15) is 0 Å². The molecule has 16 heavy (non-hydrogen) atoms. The Morgan fingerprint density at radius 1 is 1.12 bits per heavy atom. The van der Waals surface area contributed by atoms with Gasteiger partial charge in [0.05, 0.1) is 4.90 Å². The first-order valence-electron chi connectivity index (χ1n) is 4.45. The molecule has 90 valence electrons. The Kier molecular flexibility index (Phi) is 4.88. The van der Waals surface area contributed by atoms with Crippen LogP contribution in [0.25, 0.3) is 0 Å². The second-order valence-electron chi connectivity index (χ2n) is 3.38. The number of benzene rings is 1. The van der Waals surface area contributed by atoms with Crippen LogP contribution in [0.1, 0.15) is 12.8 Å². The van der Waals surface area contributed by atoms with Crippen molar-refractivity contribution in [1.82, 2.24) is 0 Å². The van der Waals surface area contributed by atoms with Gasteiger partial charge in [-0.3, -0.25) is 0 Å². The average Bonchev–Trinajstić information content (AvgIpc) is 2.85. The SMILES string of the molecule is NC1CC1.O=S(=O)(Cl)c1cc(Cl)cc(Cl)c1. The Labute approximate surface area is 109 Å². The number of halogens is 3. The van der Waals surface area contributed by atoms with Crippen LogP contribution in [-0.2, 0) is 9.05 Å². The molecule has 0 atom stereocenters. The predicted molar refractivity (Wildman–Crippen MR) is 66.7 cm³/mol. The molecule has 0 bridgehead atoms. The first-order chi connectivity index (χ1) is 7.29. The normalized spacial score (nSPS) is 15.2. The highest BCUT2D eigenvalue weighted by molar-refractivity contribution is 8.13. The van der Waals surface area contributed by atoms with Crippen molar-refractivity contribution in [2.75, 3.05) is 0 Å². The molecule has 0 saturated heterocycles. The lowest BCUT2D eigenvalue weighted by atomic mass is 10.4. The van der Waals surface area contributed by atoms with E-state index in [1.165, 1.54) is 31.0 Å². The second kappa shape index (κ2) is 5.56. The van der Waals surface area contributed by atoms with Crippen LogP contribution in [-0.4, -0.2) is 14.5 Å².